The molecule has 3 aliphatic heterocycles. The van der Waals surface area contributed by atoms with Gasteiger partial charge in [-0.25, -0.2) is 0 Å². The summed E-state index contributed by atoms with van der Waals surface area (Å²) in [4.78, 5) is 17.7. The summed E-state index contributed by atoms with van der Waals surface area (Å²) in [6.45, 7) is 11.6. The number of ether oxygens (including phenoxy) is 2. The summed E-state index contributed by atoms with van der Waals surface area (Å²) >= 11 is 0. The van der Waals surface area contributed by atoms with Crippen LogP contribution < -0.4 is 4.74 Å². The third-order valence-electron chi connectivity index (χ3n) is 6.15. The van der Waals surface area contributed by atoms with Gasteiger partial charge in [0.05, 0.1) is 18.8 Å². The van der Waals surface area contributed by atoms with Gasteiger partial charge in [-0.15, -0.1) is 0 Å². The van der Waals surface area contributed by atoms with Crippen molar-refractivity contribution in [3.05, 3.63) is 29.3 Å². The van der Waals surface area contributed by atoms with E-state index < -0.39 is 0 Å². The fourth-order valence-electron chi connectivity index (χ4n) is 4.42. The number of carbonyl (C=O) groups is 1. The molecule has 0 aliphatic carbocycles. The standard InChI is InChI=1S/C20H28N2O3/c1-13-11-22(12-18(13)21-7-9-24-10-8-21)20(23)17-6-4-5-16-14(2)15(3)25-19(16)17/h4-6,13-15,18H,7-12H2,1-3H3/t13-,14+,15-,18-/m1/s1. The maximum atomic E-state index is 13.2. The maximum Gasteiger partial charge on any atom is 0.257 e. The van der Waals surface area contributed by atoms with Crippen molar-refractivity contribution in [3.8, 4) is 5.75 Å². The van der Waals surface area contributed by atoms with Crippen molar-refractivity contribution in [2.75, 3.05) is 39.4 Å². The van der Waals surface area contributed by atoms with E-state index in [0.717, 1.165) is 56.3 Å². The lowest BCUT2D eigenvalue weighted by Gasteiger charge is -2.34. The molecular formula is C20H28N2O3. The fraction of sp³-hybridized carbons (Fsp3) is 0.650. The van der Waals surface area contributed by atoms with Crippen LogP contribution in [0.25, 0.3) is 0 Å². The highest BCUT2D eigenvalue weighted by Crippen LogP contribution is 2.41. The molecule has 4 rings (SSSR count). The van der Waals surface area contributed by atoms with Crippen LogP contribution in [0.15, 0.2) is 18.2 Å². The molecule has 2 fully saturated rings. The van der Waals surface area contributed by atoms with E-state index in [9.17, 15) is 4.79 Å². The Bertz CT molecular complexity index is 656. The number of carbonyl (C=O) groups excluding carboxylic acids is 1. The van der Waals surface area contributed by atoms with Gasteiger partial charge in [0.15, 0.2) is 0 Å². The van der Waals surface area contributed by atoms with Crippen molar-refractivity contribution >= 4 is 5.91 Å². The van der Waals surface area contributed by atoms with E-state index in [2.05, 4.69) is 31.7 Å². The van der Waals surface area contributed by atoms with Crippen LogP contribution in [0.1, 0.15) is 42.6 Å². The third kappa shape index (κ3) is 2.93. The molecule has 3 aliphatic rings. The van der Waals surface area contributed by atoms with Gasteiger partial charge in [0.2, 0.25) is 0 Å². The molecule has 0 N–H and O–H groups in total. The van der Waals surface area contributed by atoms with Crippen molar-refractivity contribution in [1.29, 1.82) is 0 Å². The molecule has 0 unspecified atom stereocenters. The second-order valence-electron chi connectivity index (χ2n) is 7.74. The SMILES string of the molecule is C[C@@H]1CN(C(=O)c2cccc3c2O[C@H](C)[C@@H]3C)C[C@H]1N1CCOCC1. The first-order valence-electron chi connectivity index (χ1n) is 9.47. The predicted molar refractivity (Wildman–Crippen MR) is 96.2 cm³/mol. The topological polar surface area (TPSA) is 42.0 Å². The largest absolute Gasteiger partial charge is 0.489 e. The highest BCUT2D eigenvalue weighted by atomic mass is 16.5. The Hall–Kier alpha value is -1.59. The van der Waals surface area contributed by atoms with Crippen LogP contribution in [0.3, 0.4) is 0 Å². The number of hydrogen-bond acceptors (Lipinski definition) is 4. The van der Waals surface area contributed by atoms with E-state index in [1.807, 2.05) is 17.0 Å². The van der Waals surface area contributed by atoms with Crippen LogP contribution in [-0.2, 0) is 4.74 Å². The third-order valence-corrected chi connectivity index (χ3v) is 6.15. The lowest BCUT2D eigenvalue weighted by atomic mass is 9.96. The summed E-state index contributed by atoms with van der Waals surface area (Å²) in [7, 11) is 0. The highest BCUT2D eigenvalue weighted by molar-refractivity contribution is 5.98. The lowest BCUT2D eigenvalue weighted by Crippen LogP contribution is -2.47. The van der Waals surface area contributed by atoms with Crippen LogP contribution in [0, 0.1) is 5.92 Å². The van der Waals surface area contributed by atoms with Crippen molar-refractivity contribution in [3.63, 3.8) is 0 Å². The molecule has 0 radical (unpaired) electrons. The predicted octanol–water partition coefficient (Wildman–Crippen LogP) is 2.36. The Morgan fingerprint density at radius 2 is 1.88 bits per heavy atom. The second kappa shape index (κ2) is 6.61. The summed E-state index contributed by atoms with van der Waals surface area (Å²) < 4.78 is 11.5. The molecule has 1 aromatic carbocycles. The number of fused-ring (bicyclic) bond motifs is 1. The Labute approximate surface area is 149 Å². The molecule has 0 saturated carbocycles. The fourth-order valence-corrected chi connectivity index (χ4v) is 4.42. The van der Waals surface area contributed by atoms with E-state index in [1.54, 1.807) is 0 Å². The molecular weight excluding hydrogens is 316 g/mol. The molecule has 5 heteroatoms. The number of para-hydroxylation sites is 1. The number of rotatable bonds is 2. The number of likely N-dealkylation sites (tertiary alicyclic amines) is 1. The summed E-state index contributed by atoms with van der Waals surface area (Å²) in [6.07, 6.45) is 0.127. The van der Waals surface area contributed by atoms with Crippen molar-refractivity contribution in [2.45, 2.75) is 38.8 Å². The lowest BCUT2D eigenvalue weighted by molar-refractivity contribution is 0.0119. The zero-order valence-electron chi connectivity index (χ0n) is 15.4. The Balaban J connectivity index is 1.53. The quantitative estimate of drug-likeness (QED) is 0.826. The zero-order chi connectivity index (χ0) is 17.6. The maximum absolute atomic E-state index is 13.2. The van der Waals surface area contributed by atoms with Crippen LogP contribution >= 0.6 is 0 Å². The average Bonchev–Trinajstić information content (AvgIpc) is 3.16. The molecule has 3 heterocycles. The second-order valence-corrected chi connectivity index (χ2v) is 7.74. The minimum Gasteiger partial charge on any atom is -0.489 e. The molecule has 4 atom stereocenters. The molecule has 0 bridgehead atoms. The van der Waals surface area contributed by atoms with Crippen LogP contribution in [-0.4, -0.2) is 67.2 Å². The van der Waals surface area contributed by atoms with Crippen LogP contribution in [0.2, 0.25) is 0 Å². The summed E-state index contributed by atoms with van der Waals surface area (Å²) in [5.41, 5.74) is 1.89. The molecule has 136 valence electrons. The van der Waals surface area contributed by atoms with Gasteiger partial charge in [0.25, 0.3) is 5.91 Å². The molecule has 2 saturated heterocycles. The van der Waals surface area contributed by atoms with Gasteiger partial charge < -0.3 is 14.4 Å². The minimum absolute atomic E-state index is 0.112. The van der Waals surface area contributed by atoms with Gasteiger partial charge >= 0.3 is 0 Å². The summed E-state index contributed by atoms with van der Waals surface area (Å²) in [5, 5.41) is 0. The molecule has 25 heavy (non-hydrogen) atoms. The zero-order valence-corrected chi connectivity index (χ0v) is 15.4. The van der Waals surface area contributed by atoms with Gasteiger partial charge in [-0.2, -0.15) is 0 Å². The molecule has 5 nitrogen and oxygen atoms in total. The number of nitrogens with zero attached hydrogens (tertiary/aromatic N) is 2. The Morgan fingerprint density at radius 3 is 2.64 bits per heavy atom. The van der Waals surface area contributed by atoms with Crippen molar-refractivity contribution < 1.29 is 14.3 Å². The van der Waals surface area contributed by atoms with Crippen molar-refractivity contribution in [2.24, 2.45) is 5.92 Å². The van der Waals surface area contributed by atoms with Gasteiger partial charge in [-0.1, -0.05) is 26.0 Å². The van der Waals surface area contributed by atoms with E-state index in [0.29, 0.717) is 17.9 Å². The molecule has 0 aromatic heterocycles. The van der Waals surface area contributed by atoms with Gasteiger partial charge in [0.1, 0.15) is 11.9 Å². The Morgan fingerprint density at radius 1 is 1.12 bits per heavy atom. The highest BCUT2D eigenvalue weighted by Gasteiger charge is 2.39. The van der Waals surface area contributed by atoms with Crippen LogP contribution in [0.4, 0.5) is 0 Å². The molecule has 1 amide bonds. The normalized spacial score (nSPS) is 32.5. The number of morpholine rings is 1. The summed E-state index contributed by atoms with van der Waals surface area (Å²) in [5.74, 6) is 1.73. The monoisotopic (exact) mass is 344 g/mol. The number of benzene rings is 1. The smallest absolute Gasteiger partial charge is 0.257 e. The first kappa shape index (κ1) is 16.9. The van der Waals surface area contributed by atoms with Crippen molar-refractivity contribution in [1.82, 2.24) is 9.80 Å². The first-order chi connectivity index (χ1) is 12.1. The van der Waals surface area contributed by atoms with Gasteiger partial charge in [-0.3, -0.25) is 9.69 Å². The van der Waals surface area contributed by atoms with E-state index in [4.69, 9.17) is 9.47 Å². The van der Waals surface area contributed by atoms with E-state index in [1.165, 1.54) is 0 Å². The molecule has 1 aromatic rings. The van der Waals surface area contributed by atoms with Gasteiger partial charge in [0, 0.05) is 43.7 Å². The first-order valence-corrected chi connectivity index (χ1v) is 9.47. The number of amides is 1. The van der Waals surface area contributed by atoms with E-state index in [-0.39, 0.29) is 12.0 Å². The summed E-state index contributed by atoms with van der Waals surface area (Å²) in [6, 6.07) is 6.42. The average molecular weight is 344 g/mol. The van der Waals surface area contributed by atoms with Gasteiger partial charge in [-0.05, 0) is 18.9 Å². The minimum atomic E-state index is 0.112. The Kier molecular flexibility index (Phi) is 4.46. The van der Waals surface area contributed by atoms with E-state index >= 15 is 0 Å². The van der Waals surface area contributed by atoms with Crippen LogP contribution in [0.5, 0.6) is 5.75 Å². The number of hydrogen-bond donors (Lipinski definition) is 0. The molecule has 0 spiro atoms.